The van der Waals surface area contributed by atoms with Crippen LogP contribution < -0.4 is 21.1 Å². The highest BCUT2D eigenvalue weighted by Crippen LogP contribution is 2.28. The summed E-state index contributed by atoms with van der Waals surface area (Å²) in [5.41, 5.74) is 9.68. The summed E-state index contributed by atoms with van der Waals surface area (Å²) in [5, 5.41) is 6.80. The second kappa shape index (κ2) is 9.15. The lowest BCUT2D eigenvalue weighted by molar-refractivity contribution is 0.340. The van der Waals surface area contributed by atoms with Crippen LogP contribution in [0.5, 0.6) is 5.75 Å². The van der Waals surface area contributed by atoms with Crippen LogP contribution in [0.2, 0.25) is 0 Å². The van der Waals surface area contributed by atoms with E-state index in [2.05, 4.69) is 50.9 Å². The summed E-state index contributed by atoms with van der Waals surface area (Å²) in [6.07, 6.45) is 9.20. The van der Waals surface area contributed by atoms with Gasteiger partial charge in [-0.1, -0.05) is 42.5 Å². The summed E-state index contributed by atoms with van der Waals surface area (Å²) in [6, 6.07) is 16.1. The number of rotatable bonds is 8. The van der Waals surface area contributed by atoms with Crippen molar-refractivity contribution >= 4 is 6.21 Å². The Morgan fingerprint density at radius 3 is 2.70 bits per heavy atom. The van der Waals surface area contributed by atoms with Crippen LogP contribution in [-0.2, 0) is 5.79 Å². The molecular formula is C24H29N5O. The van der Waals surface area contributed by atoms with E-state index in [9.17, 15) is 0 Å². The van der Waals surface area contributed by atoms with Crippen LogP contribution in [0.25, 0.3) is 11.1 Å². The number of methoxy groups -OCH3 is 1. The van der Waals surface area contributed by atoms with E-state index in [0.29, 0.717) is 0 Å². The number of hydrogen-bond acceptors (Lipinski definition) is 6. The summed E-state index contributed by atoms with van der Waals surface area (Å²) in [4.78, 5) is 6.95. The lowest BCUT2D eigenvalue weighted by atomic mass is 9.99. The Kier molecular flexibility index (Phi) is 6.16. The standard InChI is InChI=1S/C24H29N5O/c1-30-22-10-5-8-20(18-22)19-7-4-9-21(17-19)24(25)27-13-11-23(28-24)26-12-6-16-29-14-2-3-15-29/h2-5,7-11,13,17-18,26,28H,6,12,14-16,25H2,1H3. The number of hydrogen-bond donors (Lipinski definition) is 3. The third kappa shape index (κ3) is 4.72. The molecule has 0 saturated carbocycles. The molecule has 0 amide bonds. The Hall–Kier alpha value is -3.09. The molecule has 0 bridgehead atoms. The van der Waals surface area contributed by atoms with Gasteiger partial charge >= 0.3 is 0 Å². The normalized spacial score (nSPS) is 20.7. The largest absolute Gasteiger partial charge is 0.497 e. The van der Waals surface area contributed by atoms with E-state index < -0.39 is 5.79 Å². The fraction of sp³-hybridized carbons (Fsp3) is 0.292. The number of nitrogens with two attached hydrogens (primary N) is 1. The lowest BCUT2D eigenvalue weighted by Crippen LogP contribution is -2.52. The molecule has 4 rings (SSSR count). The first kappa shape index (κ1) is 20.2. The van der Waals surface area contributed by atoms with Gasteiger partial charge in [-0.05, 0) is 41.8 Å². The Morgan fingerprint density at radius 1 is 1.13 bits per heavy atom. The maximum absolute atomic E-state index is 6.65. The van der Waals surface area contributed by atoms with Crippen molar-refractivity contribution in [3.8, 4) is 16.9 Å². The molecular weight excluding hydrogens is 374 g/mol. The molecule has 2 aromatic carbocycles. The molecule has 2 aliphatic rings. The zero-order valence-electron chi connectivity index (χ0n) is 17.3. The summed E-state index contributed by atoms with van der Waals surface area (Å²) in [7, 11) is 1.67. The number of allylic oxidation sites excluding steroid dienone is 1. The van der Waals surface area contributed by atoms with E-state index in [4.69, 9.17) is 10.5 Å². The SMILES string of the molecule is COc1cccc(-c2cccc(C3(N)N=CC=C(NCCCN4CC=CC4)N3)c2)c1. The Labute approximate surface area is 178 Å². The van der Waals surface area contributed by atoms with E-state index in [-0.39, 0.29) is 0 Å². The summed E-state index contributed by atoms with van der Waals surface area (Å²) < 4.78 is 5.35. The number of nitrogens with one attached hydrogen (secondary N) is 2. The zero-order valence-corrected chi connectivity index (χ0v) is 17.3. The van der Waals surface area contributed by atoms with Crippen LogP contribution in [0.15, 0.2) is 77.6 Å². The van der Waals surface area contributed by atoms with Crippen LogP contribution in [0.1, 0.15) is 12.0 Å². The van der Waals surface area contributed by atoms with Crippen molar-refractivity contribution in [3.63, 3.8) is 0 Å². The predicted octanol–water partition coefficient (Wildman–Crippen LogP) is 2.80. The van der Waals surface area contributed by atoms with Gasteiger partial charge in [-0.2, -0.15) is 0 Å². The van der Waals surface area contributed by atoms with Crippen molar-refractivity contribution in [1.29, 1.82) is 0 Å². The highest BCUT2D eigenvalue weighted by Gasteiger charge is 2.28. The minimum absolute atomic E-state index is 0.827. The first-order chi connectivity index (χ1) is 14.7. The van der Waals surface area contributed by atoms with E-state index in [1.165, 1.54) is 0 Å². The topological polar surface area (TPSA) is 74.9 Å². The van der Waals surface area contributed by atoms with Crippen LogP contribution in [-0.4, -0.2) is 44.4 Å². The zero-order chi connectivity index (χ0) is 20.8. The van der Waals surface area contributed by atoms with E-state index in [1.807, 2.05) is 36.4 Å². The number of aliphatic imine (C=N–C) groups is 1. The van der Waals surface area contributed by atoms with E-state index >= 15 is 0 Å². The molecule has 1 unspecified atom stereocenters. The van der Waals surface area contributed by atoms with Crippen molar-refractivity contribution in [2.75, 3.05) is 33.3 Å². The maximum atomic E-state index is 6.65. The van der Waals surface area contributed by atoms with Gasteiger partial charge in [-0.15, -0.1) is 0 Å². The van der Waals surface area contributed by atoms with Gasteiger partial charge in [0.1, 0.15) is 11.6 Å². The minimum Gasteiger partial charge on any atom is -0.497 e. The molecule has 0 aromatic heterocycles. The molecule has 0 fully saturated rings. The second-order valence-electron chi connectivity index (χ2n) is 7.57. The molecule has 6 heteroatoms. The molecule has 2 aromatic rings. The van der Waals surface area contributed by atoms with Crippen LogP contribution in [0, 0.1) is 0 Å². The molecule has 4 N–H and O–H groups in total. The fourth-order valence-electron chi connectivity index (χ4n) is 3.73. The lowest BCUT2D eigenvalue weighted by Gasteiger charge is -2.32. The van der Waals surface area contributed by atoms with Crippen LogP contribution in [0.4, 0.5) is 0 Å². The average molecular weight is 404 g/mol. The van der Waals surface area contributed by atoms with Crippen molar-refractivity contribution in [1.82, 2.24) is 15.5 Å². The van der Waals surface area contributed by atoms with Crippen molar-refractivity contribution < 1.29 is 4.74 Å². The summed E-state index contributed by atoms with van der Waals surface area (Å²) >= 11 is 0. The number of nitrogens with zero attached hydrogens (tertiary/aromatic N) is 2. The first-order valence-corrected chi connectivity index (χ1v) is 10.3. The van der Waals surface area contributed by atoms with Gasteiger partial charge in [-0.25, -0.2) is 4.99 Å². The number of benzene rings is 2. The Morgan fingerprint density at radius 2 is 1.90 bits per heavy atom. The van der Waals surface area contributed by atoms with Gasteiger partial charge in [0.2, 0.25) is 5.79 Å². The molecule has 2 heterocycles. The molecule has 30 heavy (non-hydrogen) atoms. The Bertz CT molecular complexity index is 960. The van der Waals surface area contributed by atoms with Gasteiger partial charge in [0, 0.05) is 38.0 Å². The molecule has 6 nitrogen and oxygen atoms in total. The highest BCUT2D eigenvalue weighted by molar-refractivity contribution is 5.74. The van der Waals surface area contributed by atoms with E-state index in [1.54, 1.807) is 13.3 Å². The quantitative estimate of drug-likeness (QED) is 0.467. The smallest absolute Gasteiger partial charge is 0.210 e. The summed E-state index contributed by atoms with van der Waals surface area (Å²) in [6.45, 7) is 4.08. The molecule has 1 atom stereocenters. The van der Waals surface area contributed by atoms with Crippen LogP contribution in [0.3, 0.4) is 0 Å². The fourth-order valence-corrected chi connectivity index (χ4v) is 3.73. The molecule has 156 valence electrons. The van der Waals surface area contributed by atoms with Gasteiger partial charge in [-0.3, -0.25) is 10.6 Å². The third-order valence-electron chi connectivity index (χ3n) is 5.41. The molecule has 2 aliphatic heterocycles. The second-order valence-corrected chi connectivity index (χ2v) is 7.57. The minimum atomic E-state index is -1.01. The third-order valence-corrected chi connectivity index (χ3v) is 5.41. The average Bonchev–Trinajstić information content (AvgIpc) is 3.31. The predicted molar refractivity (Wildman–Crippen MR) is 122 cm³/mol. The van der Waals surface area contributed by atoms with Gasteiger partial charge in [0.05, 0.1) is 7.11 Å². The van der Waals surface area contributed by atoms with Crippen molar-refractivity contribution in [3.05, 3.63) is 78.1 Å². The Balaban J connectivity index is 1.40. The van der Waals surface area contributed by atoms with Gasteiger partial charge < -0.3 is 15.4 Å². The highest BCUT2D eigenvalue weighted by atomic mass is 16.5. The first-order valence-electron chi connectivity index (χ1n) is 10.3. The maximum Gasteiger partial charge on any atom is 0.210 e. The van der Waals surface area contributed by atoms with Crippen molar-refractivity contribution in [2.45, 2.75) is 12.2 Å². The molecule has 0 spiro atoms. The monoisotopic (exact) mass is 403 g/mol. The summed E-state index contributed by atoms with van der Waals surface area (Å²) in [5.74, 6) is 0.706. The van der Waals surface area contributed by atoms with E-state index in [0.717, 1.165) is 60.9 Å². The molecule has 0 radical (unpaired) electrons. The van der Waals surface area contributed by atoms with Crippen LogP contribution >= 0.6 is 0 Å². The van der Waals surface area contributed by atoms with Gasteiger partial charge in [0.25, 0.3) is 0 Å². The van der Waals surface area contributed by atoms with Crippen molar-refractivity contribution in [2.24, 2.45) is 10.7 Å². The van der Waals surface area contributed by atoms with Gasteiger partial charge in [0.15, 0.2) is 0 Å². The molecule has 0 aliphatic carbocycles. The number of ether oxygens (including phenoxy) is 1. The molecule has 0 saturated heterocycles.